The Morgan fingerprint density at radius 1 is 0.868 bits per heavy atom. The van der Waals surface area contributed by atoms with Gasteiger partial charge in [0, 0.05) is 53.8 Å². The number of para-hydroxylation sites is 2. The molecule has 2 aliphatic heterocycles. The zero-order valence-corrected chi connectivity index (χ0v) is 24.4. The summed E-state index contributed by atoms with van der Waals surface area (Å²) in [6, 6.07) is 17.7. The highest BCUT2D eigenvalue weighted by Crippen LogP contribution is 2.47. The van der Waals surface area contributed by atoms with E-state index in [4.69, 9.17) is 0 Å². The largest absolute Gasteiger partial charge is 0.388 e. The van der Waals surface area contributed by atoms with Crippen LogP contribution >= 0.6 is 0 Å². The second-order valence-electron chi connectivity index (χ2n) is 11.7. The lowest BCUT2D eigenvalue weighted by Crippen LogP contribution is -2.27. The molecule has 3 aliphatic rings. The fourth-order valence-corrected chi connectivity index (χ4v) is 6.90. The molecule has 2 aromatic carbocycles. The Kier molecular flexibility index (Phi) is 6.98. The summed E-state index contributed by atoms with van der Waals surface area (Å²) in [6.07, 6.45) is 12.9. The van der Waals surface area contributed by atoms with Crippen molar-refractivity contribution in [2.24, 2.45) is 0 Å². The molecule has 0 saturated heterocycles. The van der Waals surface area contributed by atoms with E-state index in [0.717, 1.165) is 25.9 Å². The van der Waals surface area contributed by atoms with Gasteiger partial charge in [-0.25, -0.2) is 0 Å². The van der Waals surface area contributed by atoms with Crippen molar-refractivity contribution < 1.29 is 4.58 Å². The van der Waals surface area contributed by atoms with E-state index in [1.165, 1.54) is 57.2 Å². The van der Waals surface area contributed by atoms with E-state index < -0.39 is 0 Å². The summed E-state index contributed by atoms with van der Waals surface area (Å²) in [4.78, 5) is 2.48. The average molecular weight is 507 g/mol. The lowest BCUT2D eigenvalue weighted by Gasteiger charge is -2.26. The van der Waals surface area contributed by atoms with Gasteiger partial charge in [-0.2, -0.15) is 4.58 Å². The maximum Gasteiger partial charge on any atom is 0.209 e. The van der Waals surface area contributed by atoms with Crippen LogP contribution in [-0.2, 0) is 10.8 Å². The topological polar surface area (TPSA) is 18.3 Å². The van der Waals surface area contributed by atoms with E-state index in [0.29, 0.717) is 0 Å². The summed E-state index contributed by atoms with van der Waals surface area (Å²) in [5.74, 6) is 0. The van der Waals surface area contributed by atoms with E-state index >= 15 is 0 Å². The number of hydrogen-bond donors (Lipinski definition) is 1. The van der Waals surface area contributed by atoms with Crippen LogP contribution in [0.3, 0.4) is 0 Å². The van der Waals surface area contributed by atoms with Crippen LogP contribution in [-0.4, -0.2) is 30.4 Å². The minimum Gasteiger partial charge on any atom is -0.388 e. The molecule has 38 heavy (non-hydrogen) atoms. The van der Waals surface area contributed by atoms with Gasteiger partial charge in [-0.05, 0) is 75.8 Å². The third kappa shape index (κ3) is 4.17. The van der Waals surface area contributed by atoms with Crippen molar-refractivity contribution in [1.29, 1.82) is 0 Å². The van der Waals surface area contributed by atoms with Crippen molar-refractivity contribution in [2.75, 3.05) is 25.0 Å². The first-order chi connectivity index (χ1) is 18.2. The normalized spacial score (nSPS) is 22.1. The fraction of sp³-hybridized carbons (Fsp3) is 0.400. The number of nitrogens with zero attached hydrogens (tertiary/aromatic N) is 2. The summed E-state index contributed by atoms with van der Waals surface area (Å²) in [7, 11) is 2.07. The summed E-state index contributed by atoms with van der Waals surface area (Å²) in [6.45, 7) is 15.9. The van der Waals surface area contributed by atoms with E-state index in [2.05, 4.69) is 136 Å². The highest BCUT2D eigenvalue weighted by molar-refractivity contribution is 6.03. The molecule has 2 heterocycles. The van der Waals surface area contributed by atoms with Crippen molar-refractivity contribution in [1.82, 2.24) is 5.32 Å². The number of allylic oxidation sites excluding steroid dienone is 7. The molecular weight excluding hydrogens is 462 g/mol. The van der Waals surface area contributed by atoms with Crippen molar-refractivity contribution in [2.45, 2.75) is 71.6 Å². The predicted molar refractivity (Wildman–Crippen MR) is 163 cm³/mol. The number of benzene rings is 2. The highest BCUT2D eigenvalue weighted by Gasteiger charge is 2.43. The molecule has 0 atom stereocenters. The SMILES string of the molecule is CCN1/C(=C/C=C2\CCCC(/C=C/C3=[N+](CC)c4ccccc4C3(C)C)=C2NC)C(C)(C)c2ccccc21. The third-order valence-corrected chi connectivity index (χ3v) is 8.90. The predicted octanol–water partition coefficient (Wildman–Crippen LogP) is 7.92. The first-order valence-corrected chi connectivity index (χ1v) is 14.4. The molecule has 2 aromatic rings. The quantitative estimate of drug-likeness (QED) is 0.401. The lowest BCUT2D eigenvalue weighted by atomic mass is 9.81. The van der Waals surface area contributed by atoms with Crippen LogP contribution in [0.2, 0.25) is 0 Å². The minimum atomic E-state index is -0.00605. The van der Waals surface area contributed by atoms with Gasteiger partial charge in [0.2, 0.25) is 5.69 Å². The van der Waals surface area contributed by atoms with Gasteiger partial charge < -0.3 is 10.2 Å². The molecule has 0 unspecified atom stereocenters. The first-order valence-electron chi connectivity index (χ1n) is 14.4. The molecule has 3 heteroatoms. The summed E-state index contributed by atoms with van der Waals surface area (Å²) < 4.78 is 2.48. The van der Waals surface area contributed by atoms with Crippen molar-refractivity contribution >= 4 is 17.1 Å². The number of likely N-dealkylation sites (N-methyl/N-ethyl adjacent to an activating group) is 2. The number of nitrogens with one attached hydrogen (secondary N) is 1. The number of anilines is 1. The molecule has 0 spiro atoms. The molecule has 0 fully saturated rings. The van der Waals surface area contributed by atoms with Gasteiger partial charge in [-0.15, -0.1) is 0 Å². The van der Waals surface area contributed by atoms with Gasteiger partial charge in [0.25, 0.3) is 0 Å². The first kappa shape index (κ1) is 26.3. The molecule has 0 saturated carbocycles. The summed E-state index contributed by atoms with van der Waals surface area (Å²) in [5.41, 5.74) is 12.4. The zero-order valence-electron chi connectivity index (χ0n) is 24.4. The Labute approximate surface area is 230 Å². The molecule has 1 aliphatic carbocycles. The zero-order chi connectivity index (χ0) is 27.1. The maximum atomic E-state index is 3.58. The molecule has 1 N–H and O–H groups in total. The minimum absolute atomic E-state index is 0.00605. The van der Waals surface area contributed by atoms with E-state index in [9.17, 15) is 0 Å². The summed E-state index contributed by atoms with van der Waals surface area (Å²) >= 11 is 0. The standard InChI is InChI=1S/C35H43N3/c1-8-37-29-19-12-10-17-27(29)34(3,4)31(37)23-21-25-15-14-16-26(33(25)36-7)22-24-32-35(5,6)28-18-11-13-20-30(28)38(32)9-2/h10-13,17-24H,8-9,14-16H2,1-7H3/p+1/b25-21+,31-23+. The van der Waals surface area contributed by atoms with Crippen LogP contribution in [0.25, 0.3) is 0 Å². The Morgan fingerprint density at radius 3 is 2.29 bits per heavy atom. The molecule has 0 bridgehead atoms. The van der Waals surface area contributed by atoms with Gasteiger partial charge in [-0.1, -0.05) is 62.4 Å². The van der Waals surface area contributed by atoms with Crippen molar-refractivity contribution in [3.63, 3.8) is 0 Å². The van der Waals surface area contributed by atoms with E-state index in [-0.39, 0.29) is 10.8 Å². The Balaban J connectivity index is 1.51. The number of fused-ring (bicyclic) bond motifs is 2. The van der Waals surface area contributed by atoms with Crippen LogP contribution in [0.5, 0.6) is 0 Å². The van der Waals surface area contributed by atoms with Gasteiger partial charge >= 0.3 is 0 Å². The van der Waals surface area contributed by atoms with E-state index in [1.54, 1.807) is 0 Å². The van der Waals surface area contributed by atoms with Crippen LogP contribution in [0.4, 0.5) is 11.4 Å². The Hall–Kier alpha value is -3.33. The van der Waals surface area contributed by atoms with Crippen LogP contribution in [0.1, 0.15) is 71.9 Å². The second-order valence-corrected chi connectivity index (χ2v) is 11.7. The smallest absolute Gasteiger partial charge is 0.209 e. The Bertz CT molecular complexity index is 1390. The third-order valence-electron chi connectivity index (χ3n) is 8.90. The average Bonchev–Trinajstić information content (AvgIpc) is 3.28. The second kappa shape index (κ2) is 10.1. The van der Waals surface area contributed by atoms with Crippen LogP contribution < -0.4 is 10.2 Å². The molecule has 198 valence electrons. The molecule has 3 nitrogen and oxygen atoms in total. The molecule has 5 rings (SSSR count). The molecule has 0 amide bonds. The monoisotopic (exact) mass is 506 g/mol. The van der Waals surface area contributed by atoms with Gasteiger partial charge in [0.05, 0.1) is 5.41 Å². The number of rotatable bonds is 6. The van der Waals surface area contributed by atoms with Gasteiger partial charge in [-0.3, -0.25) is 0 Å². The molecular formula is C35H44N3+. The van der Waals surface area contributed by atoms with Crippen molar-refractivity contribution in [3.05, 3.63) is 107 Å². The van der Waals surface area contributed by atoms with Crippen molar-refractivity contribution in [3.8, 4) is 0 Å². The van der Waals surface area contributed by atoms with Crippen LogP contribution in [0.15, 0.2) is 95.4 Å². The molecule has 0 radical (unpaired) electrons. The van der Waals surface area contributed by atoms with Crippen LogP contribution in [0, 0.1) is 0 Å². The van der Waals surface area contributed by atoms with E-state index in [1.807, 2.05) is 0 Å². The number of hydrogen-bond acceptors (Lipinski definition) is 2. The fourth-order valence-electron chi connectivity index (χ4n) is 6.90. The summed E-state index contributed by atoms with van der Waals surface area (Å²) in [5, 5.41) is 3.58. The van der Waals surface area contributed by atoms with Gasteiger partial charge in [0.1, 0.15) is 6.54 Å². The highest BCUT2D eigenvalue weighted by atomic mass is 15.2. The molecule has 0 aromatic heterocycles. The van der Waals surface area contributed by atoms with Gasteiger partial charge in [0.15, 0.2) is 5.71 Å². The Morgan fingerprint density at radius 2 is 1.58 bits per heavy atom. The lowest BCUT2D eigenvalue weighted by molar-refractivity contribution is -0.433. The maximum absolute atomic E-state index is 3.58.